The molecule has 1 N–H and O–H groups in total. The summed E-state index contributed by atoms with van der Waals surface area (Å²) in [6, 6.07) is 0. The van der Waals surface area contributed by atoms with E-state index in [1.807, 2.05) is 5.01 Å². The molecule has 1 rings (SSSR count). The Hall–Kier alpha value is -0.530. The van der Waals surface area contributed by atoms with Crippen molar-refractivity contribution in [1.82, 2.24) is 10.4 Å². The number of piperidine rings is 1. The molecule has 0 radical (unpaired) electrons. The Labute approximate surface area is 80.6 Å². The second-order valence-electron chi connectivity index (χ2n) is 2.71. The highest BCUT2D eigenvalue weighted by molar-refractivity contribution is 9.12. The van der Waals surface area contributed by atoms with Gasteiger partial charge < -0.3 is 0 Å². The number of rotatable bonds is 1. The van der Waals surface area contributed by atoms with Crippen molar-refractivity contribution in [2.45, 2.75) is 19.3 Å². The third-order valence-electron chi connectivity index (χ3n) is 1.78. The quantitative estimate of drug-likeness (QED) is 0.679. The second-order valence-corrected chi connectivity index (χ2v) is 3.10. The van der Waals surface area contributed by atoms with E-state index in [1.165, 1.54) is 6.42 Å². The largest absolute Gasteiger partial charge is 0.311 e. The van der Waals surface area contributed by atoms with Gasteiger partial charge in [-0.25, -0.2) is 5.01 Å². The predicted molar refractivity (Wildman–Crippen MR) is 50.3 cm³/mol. The van der Waals surface area contributed by atoms with Crippen LogP contribution in [0.5, 0.6) is 0 Å². The highest BCUT2D eigenvalue weighted by atomic mass is 79.9. The summed E-state index contributed by atoms with van der Waals surface area (Å²) in [5, 5.41) is 1.92. The Kier molecular flexibility index (Phi) is 4.12. The van der Waals surface area contributed by atoms with Crippen molar-refractivity contribution in [2.75, 3.05) is 13.1 Å². The summed E-state index contributed by atoms with van der Waals surface area (Å²) in [5.74, 6) is 2.13. The Morgan fingerprint density at radius 2 is 2.00 bits per heavy atom. The van der Waals surface area contributed by atoms with Crippen molar-refractivity contribution in [2.24, 2.45) is 0 Å². The topological polar surface area (TPSA) is 32.3 Å². The maximum atomic E-state index is 11.0. The number of nitrogens with one attached hydrogen (secondary N) is 1. The molecule has 0 aromatic heterocycles. The van der Waals surface area contributed by atoms with Crippen LogP contribution in [0.4, 0.5) is 0 Å². The number of carbonyl (C=O) groups excluding carboxylic acids is 1. The van der Waals surface area contributed by atoms with Gasteiger partial charge in [-0.15, -0.1) is 0 Å². The highest BCUT2D eigenvalue weighted by Gasteiger charge is 2.10. The first kappa shape index (κ1) is 9.56. The molecule has 3 nitrogen and oxygen atoms in total. The Morgan fingerprint density at radius 3 is 2.58 bits per heavy atom. The van der Waals surface area contributed by atoms with E-state index in [2.05, 4.69) is 32.1 Å². The molecule has 4 heteroatoms. The van der Waals surface area contributed by atoms with Crippen molar-refractivity contribution in [1.29, 1.82) is 0 Å². The minimum Gasteiger partial charge on any atom is -0.278 e. The molecule has 1 amide bonds. The third-order valence-corrected chi connectivity index (χ3v) is 1.97. The molecule has 1 aliphatic rings. The van der Waals surface area contributed by atoms with Crippen LogP contribution in [0.3, 0.4) is 0 Å². The summed E-state index contributed by atoms with van der Waals surface area (Å²) in [6.07, 6.45) is 3.57. The molecule has 0 unspecified atom stereocenters. The van der Waals surface area contributed by atoms with Crippen molar-refractivity contribution in [3.05, 3.63) is 0 Å². The number of carbonyl (C=O) groups is 1. The van der Waals surface area contributed by atoms with Crippen LogP contribution >= 0.6 is 15.9 Å². The van der Waals surface area contributed by atoms with Gasteiger partial charge in [0.2, 0.25) is 0 Å². The Bertz CT molecular complexity index is 213. The lowest BCUT2D eigenvalue weighted by atomic mass is 10.2. The van der Waals surface area contributed by atoms with Crippen molar-refractivity contribution in [3.8, 4) is 10.8 Å². The van der Waals surface area contributed by atoms with Gasteiger partial charge in [0.25, 0.3) is 0 Å². The summed E-state index contributed by atoms with van der Waals surface area (Å²) < 4.78 is 0. The van der Waals surface area contributed by atoms with Crippen molar-refractivity contribution < 1.29 is 4.79 Å². The van der Waals surface area contributed by atoms with E-state index in [0.717, 1.165) is 25.9 Å². The number of amides is 1. The van der Waals surface area contributed by atoms with Gasteiger partial charge in [-0.05, 0) is 17.7 Å². The lowest BCUT2D eigenvalue weighted by Crippen LogP contribution is -2.44. The molecule has 0 spiro atoms. The number of hydrogen-bond donors (Lipinski definition) is 1. The van der Waals surface area contributed by atoms with Gasteiger partial charge in [0, 0.05) is 34.9 Å². The molecule has 1 aliphatic heterocycles. The maximum absolute atomic E-state index is 11.0. The average molecular weight is 231 g/mol. The molecule has 0 aromatic rings. The minimum absolute atomic E-state index is 0.242. The molecule has 66 valence electrons. The summed E-state index contributed by atoms with van der Waals surface area (Å²) in [6.45, 7) is 1.88. The number of hydrazine groups is 1. The molecule has 0 bridgehead atoms. The summed E-state index contributed by atoms with van der Waals surface area (Å²) >= 11 is 2.87. The van der Waals surface area contributed by atoms with Gasteiger partial charge in [0.05, 0.1) is 0 Å². The van der Waals surface area contributed by atoms with E-state index < -0.39 is 0 Å². The molecule has 12 heavy (non-hydrogen) atoms. The van der Waals surface area contributed by atoms with E-state index in [4.69, 9.17) is 0 Å². The van der Waals surface area contributed by atoms with Crippen LogP contribution in [0, 0.1) is 10.8 Å². The summed E-state index contributed by atoms with van der Waals surface area (Å²) in [7, 11) is 0. The fraction of sp³-hybridized carbons (Fsp3) is 0.625. The first-order valence-electron chi connectivity index (χ1n) is 4.00. The third kappa shape index (κ3) is 3.24. The first-order valence-corrected chi connectivity index (χ1v) is 4.79. The molecule has 0 aromatic carbocycles. The van der Waals surface area contributed by atoms with Gasteiger partial charge in [-0.3, -0.25) is 10.2 Å². The fourth-order valence-electron chi connectivity index (χ4n) is 1.22. The number of nitrogens with zero attached hydrogens (tertiary/aromatic N) is 1. The summed E-state index contributed by atoms with van der Waals surface area (Å²) in [5.41, 5.74) is 2.71. The molecular weight excluding hydrogens is 220 g/mol. The standard InChI is InChI=1S/C8H11BrN2O/c9-5-4-8(12)10-11-6-2-1-3-7-11/h1-3,6-7H2,(H,10,12). The minimum atomic E-state index is -0.242. The zero-order chi connectivity index (χ0) is 8.81. The number of halogens is 1. The fourth-order valence-corrected chi connectivity index (χ4v) is 1.40. The Morgan fingerprint density at radius 1 is 1.33 bits per heavy atom. The lowest BCUT2D eigenvalue weighted by Gasteiger charge is -2.25. The smallest absolute Gasteiger partial charge is 0.278 e. The maximum Gasteiger partial charge on any atom is 0.311 e. The van der Waals surface area contributed by atoms with Crippen LogP contribution in [0.1, 0.15) is 19.3 Å². The first-order chi connectivity index (χ1) is 5.83. The van der Waals surface area contributed by atoms with Gasteiger partial charge in [-0.2, -0.15) is 0 Å². The normalized spacial score (nSPS) is 17.8. The van der Waals surface area contributed by atoms with E-state index in [0.29, 0.717) is 0 Å². The van der Waals surface area contributed by atoms with Gasteiger partial charge in [0.15, 0.2) is 0 Å². The van der Waals surface area contributed by atoms with Crippen LogP contribution in [0.2, 0.25) is 0 Å². The van der Waals surface area contributed by atoms with E-state index >= 15 is 0 Å². The lowest BCUT2D eigenvalue weighted by molar-refractivity contribution is -0.120. The second kappa shape index (κ2) is 5.18. The van der Waals surface area contributed by atoms with Gasteiger partial charge >= 0.3 is 5.91 Å². The average Bonchev–Trinajstić information content (AvgIpc) is 2.06. The number of hydrogen-bond acceptors (Lipinski definition) is 2. The molecule has 0 aliphatic carbocycles. The zero-order valence-electron chi connectivity index (χ0n) is 6.77. The van der Waals surface area contributed by atoms with E-state index in [-0.39, 0.29) is 5.91 Å². The predicted octanol–water partition coefficient (Wildman–Crippen LogP) is 0.859. The molecule has 1 saturated heterocycles. The van der Waals surface area contributed by atoms with Crippen molar-refractivity contribution >= 4 is 21.8 Å². The van der Waals surface area contributed by atoms with Crippen LogP contribution in [-0.4, -0.2) is 24.0 Å². The van der Waals surface area contributed by atoms with Crippen LogP contribution in [-0.2, 0) is 4.79 Å². The van der Waals surface area contributed by atoms with E-state index in [9.17, 15) is 4.79 Å². The van der Waals surface area contributed by atoms with E-state index in [1.54, 1.807) is 0 Å². The summed E-state index contributed by atoms with van der Waals surface area (Å²) in [4.78, 5) is 13.3. The monoisotopic (exact) mass is 230 g/mol. The molecule has 1 fully saturated rings. The SMILES string of the molecule is O=C(C#CBr)NN1CCCCC1. The molecule has 0 saturated carbocycles. The Balaban J connectivity index is 2.27. The van der Waals surface area contributed by atoms with Crippen LogP contribution in [0.15, 0.2) is 0 Å². The van der Waals surface area contributed by atoms with Crippen LogP contribution in [0.25, 0.3) is 0 Å². The highest BCUT2D eigenvalue weighted by Crippen LogP contribution is 2.05. The van der Waals surface area contributed by atoms with Crippen LogP contribution < -0.4 is 5.43 Å². The molecular formula is C8H11BrN2O. The van der Waals surface area contributed by atoms with Gasteiger partial charge in [0.1, 0.15) is 0 Å². The van der Waals surface area contributed by atoms with Crippen molar-refractivity contribution in [3.63, 3.8) is 0 Å². The van der Waals surface area contributed by atoms with Gasteiger partial charge in [-0.1, -0.05) is 6.42 Å². The zero-order valence-corrected chi connectivity index (χ0v) is 8.35. The molecule has 0 atom stereocenters. The molecule has 1 heterocycles.